The van der Waals surface area contributed by atoms with Crippen molar-refractivity contribution in [2.75, 3.05) is 6.54 Å². The average molecular weight is 233 g/mol. The number of rotatable bonds is 7. The zero-order valence-corrected chi connectivity index (χ0v) is 11.8. The molecule has 1 nitrogen and oxygen atoms in total. The lowest BCUT2D eigenvalue weighted by Gasteiger charge is -2.22. The lowest BCUT2D eigenvalue weighted by molar-refractivity contribution is 0.378. The van der Waals surface area contributed by atoms with E-state index in [4.69, 9.17) is 0 Å². The number of benzene rings is 1. The van der Waals surface area contributed by atoms with Crippen molar-refractivity contribution in [1.29, 1.82) is 0 Å². The van der Waals surface area contributed by atoms with E-state index >= 15 is 0 Å². The average Bonchev–Trinajstić information content (AvgIpc) is 2.31. The third-order valence-corrected chi connectivity index (χ3v) is 3.33. The first-order chi connectivity index (χ1) is 8.13. The van der Waals surface area contributed by atoms with E-state index in [9.17, 15) is 0 Å². The summed E-state index contributed by atoms with van der Waals surface area (Å²) in [6.07, 6.45) is 3.63. The molecule has 0 aliphatic heterocycles. The fraction of sp³-hybridized carbons (Fsp3) is 0.625. The molecule has 1 unspecified atom stereocenters. The largest absolute Gasteiger partial charge is 0.314 e. The molecule has 1 N–H and O–H groups in total. The Hall–Kier alpha value is -0.820. The summed E-state index contributed by atoms with van der Waals surface area (Å²) in [5, 5.41) is 3.65. The monoisotopic (exact) mass is 233 g/mol. The maximum absolute atomic E-state index is 3.65. The second-order valence-corrected chi connectivity index (χ2v) is 5.33. The van der Waals surface area contributed by atoms with E-state index in [1.807, 2.05) is 0 Å². The van der Waals surface area contributed by atoms with Gasteiger partial charge in [-0.25, -0.2) is 0 Å². The third-order valence-electron chi connectivity index (χ3n) is 3.33. The summed E-state index contributed by atoms with van der Waals surface area (Å²) in [5.74, 6) is 0.715. The van der Waals surface area contributed by atoms with Crippen molar-refractivity contribution in [3.05, 3.63) is 35.4 Å². The molecule has 17 heavy (non-hydrogen) atoms. The zero-order chi connectivity index (χ0) is 12.7. The SMILES string of the molecule is CCCNC(CCc1ccc(C)cc1)C(C)C. The van der Waals surface area contributed by atoms with Crippen molar-refractivity contribution in [3.63, 3.8) is 0 Å². The molecule has 0 bridgehead atoms. The van der Waals surface area contributed by atoms with E-state index in [0.29, 0.717) is 12.0 Å². The van der Waals surface area contributed by atoms with Crippen LogP contribution in [0.2, 0.25) is 0 Å². The molecule has 96 valence electrons. The van der Waals surface area contributed by atoms with E-state index in [1.54, 1.807) is 0 Å². The van der Waals surface area contributed by atoms with Crippen LogP contribution < -0.4 is 5.32 Å². The van der Waals surface area contributed by atoms with Crippen LogP contribution in [0.1, 0.15) is 44.7 Å². The zero-order valence-electron chi connectivity index (χ0n) is 11.8. The van der Waals surface area contributed by atoms with Gasteiger partial charge in [-0.1, -0.05) is 50.6 Å². The van der Waals surface area contributed by atoms with E-state index < -0.39 is 0 Å². The van der Waals surface area contributed by atoms with Gasteiger partial charge < -0.3 is 5.32 Å². The molecule has 0 heterocycles. The molecular formula is C16H27N. The second-order valence-electron chi connectivity index (χ2n) is 5.33. The molecule has 0 fully saturated rings. The van der Waals surface area contributed by atoms with Gasteiger partial charge in [-0.2, -0.15) is 0 Å². The van der Waals surface area contributed by atoms with Gasteiger partial charge in [-0.15, -0.1) is 0 Å². The van der Waals surface area contributed by atoms with Crippen LogP contribution in [0.15, 0.2) is 24.3 Å². The summed E-state index contributed by atoms with van der Waals surface area (Å²) in [5.41, 5.74) is 2.80. The summed E-state index contributed by atoms with van der Waals surface area (Å²) in [4.78, 5) is 0. The molecule has 1 heteroatoms. The number of nitrogens with one attached hydrogen (secondary N) is 1. The Kier molecular flexibility index (Phi) is 6.28. The summed E-state index contributed by atoms with van der Waals surface area (Å²) < 4.78 is 0. The lowest BCUT2D eigenvalue weighted by Crippen LogP contribution is -2.34. The van der Waals surface area contributed by atoms with Gasteiger partial charge in [0, 0.05) is 6.04 Å². The maximum atomic E-state index is 3.65. The molecule has 0 saturated heterocycles. The van der Waals surface area contributed by atoms with Crippen LogP contribution in [0.5, 0.6) is 0 Å². The van der Waals surface area contributed by atoms with E-state index in [2.05, 4.69) is 57.3 Å². The van der Waals surface area contributed by atoms with Crippen molar-refractivity contribution in [1.82, 2.24) is 5.32 Å². The number of hydrogen-bond acceptors (Lipinski definition) is 1. The molecule has 0 aliphatic rings. The summed E-state index contributed by atoms with van der Waals surface area (Å²) in [7, 11) is 0. The minimum Gasteiger partial charge on any atom is -0.314 e. The topological polar surface area (TPSA) is 12.0 Å². The number of aryl methyl sites for hydroxylation is 2. The highest BCUT2D eigenvalue weighted by Gasteiger charge is 2.11. The van der Waals surface area contributed by atoms with Crippen LogP contribution in [0.3, 0.4) is 0 Å². The Bertz CT molecular complexity index is 300. The van der Waals surface area contributed by atoms with Gasteiger partial charge in [0.15, 0.2) is 0 Å². The molecule has 0 radical (unpaired) electrons. The molecule has 1 rings (SSSR count). The molecule has 0 aliphatic carbocycles. The van der Waals surface area contributed by atoms with E-state index in [-0.39, 0.29) is 0 Å². The molecule has 0 spiro atoms. The van der Waals surface area contributed by atoms with Gasteiger partial charge in [-0.3, -0.25) is 0 Å². The molecule has 1 aromatic rings. The summed E-state index contributed by atoms with van der Waals surface area (Å²) in [6.45, 7) is 10.1. The smallest absolute Gasteiger partial charge is 0.00932 e. The van der Waals surface area contributed by atoms with Gasteiger partial charge in [0.2, 0.25) is 0 Å². The van der Waals surface area contributed by atoms with Crippen molar-refractivity contribution in [2.45, 2.75) is 53.0 Å². The van der Waals surface area contributed by atoms with E-state index in [0.717, 1.165) is 6.54 Å². The first-order valence-electron chi connectivity index (χ1n) is 6.92. The van der Waals surface area contributed by atoms with Crippen LogP contribution >= 0.6 is 0 Å². The molecule has 1 atom stereocenters. The van der Waals surface area contributed by atoms with Gasteiger partial charge >= 0.3 is 0 Å². The second kappa shape index (κ2) is 7.50. The first kappa shape index (κ1) is 14.2. The van der Waals surface area contributed by atoms with Gasteiger partial charge in [0.05, 0.1) is 0 Å². The predicted molar refractivity (Wildman–Crippen MR) is 76.4 cm³/mol. The summed E-state index contributed by atoms with van der Waals surface area (Å²) in [6, 6.07) is 9.58. The predicted octanol–water partition coefficient (Wildman–Crippen LogP) is 3.95. The minimum atomic E-state index is 0.649. The van der Waals surface area contributed by atoms with Gasteiger partial charge in [0.1, 0.15) is 0 Å². The van der Waals surface area contributed by atoms with Crippen LogP contribution in [-0.4, -0.2) is 12.6 Å². The number of hydrogen-bond donors (Lipinski definition) is 1. The van der Waals surface area contributed by atoms with E-state index in [1.165, 1.54) is 30.4 Å². The highest BCUT2D eigenvalue weighted by molar-refractivity contribution is 5.21. The molecule has 1 aromatic carbocycles. The quantitative estimate of drug-likeness (QED) is 0.752. The van der Waals surface area contributed by atoms with Crippen LogP contribution in [0, 0.1) is 12.8 Å². The fourth-order valence-electron chi connectivity index (χ4n) is 2.08. The van der Waals surface area contributed by atoms with Crippen molar-refractivity contribution < 1.29 is 0 Å². The lowest BCUT2D eigenvalue weighted by atomic mass is 9.96. The van der Waals surface area contributed by atoms with Gasteiger partial charge in [-0.05, 0) is 44.2 Å². The third kappa shape index (κ3) is 5.36. The maximum Gasteiger partial charge on any atom is 0.00932 e. The standard InChI is InChI=1S/C16H27N/c1-5-12-17-16(13(2)3)11-10-15-8-6-14(4)7-9-15/h6-9,13,16-17H,5,10-12H2,1-4H3. The molecule has 0 amide bonds. The molecule has 0 saturated carbocycles. The Morgan fingerprint density at radius 3 is 2.29 bits per heavy atom. The van der Waals surface area contributed by atoms with Gasteiger partial charge in [0.25, 0.3) is 0 Å². The van der Waals surface area contributed by atoms with Crippen molar-refractivity contribution in [2.24, 2.45) is 5.92 Å². The van der Waals surface area contributed by atoms with Crippen LogP contribution in [-0.2, 0) is 6.42 Å². The molecular weight excluding hydrogens is 206 g/mol. The van der Waals surface area contributed by atoms with Crippen LogP contribution in [0.25, 0.3) is 0 Å². The Morgan fingerprint density at radius 2 is 1.76 bits per heavy atom. The Balaban J connectivity index is 2.43. The first-order valence-corrected chi connectivity index (χ1v) is 6.92. The highest BCUT2D eigenvalue weighted by atomic mass is 14.9. The minimum absolute atomic E-state index is 0.649. The normalized spacial score (nSPS) is 13.0. The molecule has 0 aromatic heterocycles. The fourth-order valence-corrected chi connectivity index (χ4v) is 2.08. The highest BCUT2D eigenvalue weighted by Crippen LogP contribution is 2.12. The Labute approximate surface area is 107 Å². The Morgan fingerprint density at radius 1 is 1.12 bits per heavy atom. The van der Waals surface area contributed by atoms with Crippen LogP contribution in [0.4, 0.5) is 0 Å². The summed E-state index contributed by atoms with van der Waals surface area (Å²) >= 11 is 0. The van der Waals surface area contributed by atoms with Crippen molar-refractivity contribution in [3.8, 4) is 0 Å². The van der Waals surface area contributed by atoms with Crippen molar-refractivity contribution >= 4 is 0 Å².